The van der Waals surface area contributed by atoms with Gasteiger partial charge in [0.15, 0.2) is 0 Å². The molecule has 0 saturated heterocycles. The fourth-order valence-electron chi connectivity index (χ4n) is 3.37. The van der Waals surface area contributed by atoms with Gasteiger partial charge < -0.3 is 5.32 Å². The molecule has 4 rings (SSSR count). The van der Waals surface area contributed by atoms with E-state index in [1.807, 2.05) is 24.3 Å². The molecule has 0 saturated carbocycles. The highest BCUT2D eigenvalue weighted by Crippen LogP contribution is 2.28. The number of hydroxylamine groups is 1. The van der Waals surface area contributed by atoms with Crippen molar-refractivity contribution >= 4 is 38.9 Å². The van der Waals surface area contributed by atoms with E-state index in [-0.39, 0.29) is 5.91 Å². The molecule has 138 valence electrons. The van der Waals surface area contributed by atoms with Crippen LogP contribution in [-0.4, -0.2) is 35.0 Å². The number of rotatable bonds is 4. The van der Waals surface area contributed by atoms with Crippen LogP contribution in [0.25, 0.3) is 10.1 Å². The smallest absolute Gasteiger partial charge is 0.284 e. The van der Waals surface area contributed by atoms with Crippen LogP contribution in [0.3, 0.4) is 0 Å². The largest absolute Gasteiger partial charge is 0.325 e. The van der Waals surface area contributed by atoms with Crippen molar-refractivity contribution in [2.24, 2.45) is 0 Å². The van der Waals surface area contributed by atoms with E-state index in [0.29, 0.717) is 17.1 Å². The highest BCUT2D eigenvalue weighted by atomic mass is 32.1. The van der Waals surface area contributed by atoms with E-state index in [2.05, 4.69) is 28.4 Å². The molecule has 0 bridgehead atoms. The molecule has 1 aliphatic heterocycles. The number of anilines is 1. The second kappa shape index (κ2) is 7.48. The van der Waals surface area contributed by atoms with E-state index < -0.39 is 5.91 Å². The van der Waals surface area contributed by atoms with Crippen LogP contribution >= 0.6 is 11.3 Å². The second-order valence-electron chi connectivity index (χ2n) is 6.58. The second-order valence-corrected chi connectivity index (χ2v) is 7.67. The van der Waals surface area contributed by atoms with Crippen LogP contribution < -0.4 is 10.8 Å². The van der Waals surface area contributed by atoms with Crippen LogP contribution in [0.5, 0.6) is 0 Å². The Morgan fingerprint density at radius 2 is 1.93 bits per heavy atom. The van der Waals surface area contributed by atoms with Crippen LogP contribution in [0, 0.1) is 0 Å². The normalized spacial score (nSPS) is 14.0. The monoisotopic (exact) mass is 381 g/mol. The number of nitrogens with one attached hydrogen (secondary N) is 2. The summed E-state index contributed by atoms with van der Waals surface area (Å²) >= 11 is 1.27. The standard InChI is InChI=1S/C20H19N3O3S/c24-19(12-23-8-7-13-3-1-2-4-15(13)11-23)21-16-6-5-14-9-18(20(25)22-26)27-17(14)10-16/h1-6,9-10,26H,7-8,11-12H2,(H,21,24)(H,22,25). The molecule has 0 aliphatic carbocycles. The molecule has 0 spiro atoms. The number of amides is 2. The van der Waals surface area contributed by atoms with Crippen molar-refractivity contribution < 1.29 is 14.8 Å². The number of carbonyl (C=O) groups excluding carboxylic acids is 2. The number of benzene rings is 2. The summed E-state index contributed by atoms with van der Waals surface area (Å²) in [5.41, 5.74) is 4.98. The molecule has 2 aromatic carbocycles. The molecule has 7 heteroatoms. The molecule has 2 amide bonds. The van der Waals surface area contributed by atoms with E-state index in [1.54, 1.807) is 11.5 Å². The summed E-state index contributed by atoms with van der Waals surface area (Å²) in [6.45, 7) is 2.00. The summed E-state index contributed by atoms with van der Waals surface area (Å²) in [6.07, 6.45) is 0.959. The number of hydrogen-bond acceptors (Lipinski definition) is 5. The van der Waals surface area contributed by atoms with Crippen molar-refractivity contribution in [3.8, 4) is 0 Å². The maximum Gasteiger partial charge on any atom is 0.284 e. The third kappa shape index (κ3) is 3.85. The number of thiophene rings is 1. The first-order chi connectivity index (χ1) is 13.1. The van der Waals surface area contributed by atoms with Crippen LogP contribution in [0.15, 0.2) is 48.5 Å². The Morgan fingerprint density at radius 1 is 1.11 bits per heavy atom. The molecule has 3 aromatic rings. The lowest BCUT2D eigenvalue weighted by Gasteiger charge is -2.28. The third-order valence-corrected chi connectivity index (χ3v) is 5.80. The lowest BCUT2D eigenvalue weighted by atomic mass is 10.00. The van der Waals surface area contributed by atoms with Gasteiger partial charge in [-0.05, 0) is 41.1 Å². The Kier molecular flexibility index (Phi) is 4.89. The minimum absolute atomic E-state index is 0.0568. The molecule has 2 heterocycles. The van der Waals surface area contributed by atoms with Gasteiger partial charge in [0.05, 0.1) is 11.4 Å². The third-order valence-electron chi connectivity index (χ3n) is 4.71. The Bertz CT molecular complexity index is 1010. The van der Waals surface area contributed by atoms with Crippen molar-refractivity contribution in [3.63, 3.8) is 0 Å². The topological polar surface area (TPSA) is 81.7 Å². The Hall–Kier alpha value is -2.74. The molecule has 3 N–H and O–H groups in total. The maximum atomic E-state index is 12.4. The maximum absolute atomic E-state index is 12.4. The predicted molar refractivity (Wildman–Crippen MR) is 105 cm³/mol. The van der Waals surface area contributed by atoms with Crippen LogP contribution in [0.1, 0.15) is 20.8 Å². The summed E-state index contributed by atoms with van der Waals surface area (Å²) in [6, 6.07) is 15.6. The van der Waals surface area contributed by atoms with Crippen molar-refractivity contribution in [2.75, 3.05) is 18.4 Å². The van der Waals surface area contributed by atoms with Crippen LogP contribution in [-0.2, 0) is 17.8 Å². The van der Waals surface area contributed by atoms with Gasteiger partial charge >= 0.3 is 0 Å². The summed E-state index contributed by atoms with van der Waals surface area (Å²) in [7, 11) is 0. The fourth-order valence-corrected chi connectivity index (χ4v) is 4.36. The molecule has 1 aromatic heterocycles. The highest BCUT2D eigenvalue weighted by Gasteiger charge is 2.18. The first-order valence-electron chi connectivity index (χ1n) is 8.69. The van der Waals surface area contributed by atoms with E-state index in [1.165, 1.54) is 22.5 Å². The quantitative estimate of drug-likeness (QED) is 0.479. The Balaban J connectivity index is 1.41. The van der Waals surface area contributed by atoms with Crippen molar-refractivity contribution in [1.82, 2.24) is 10.4 Å². The van der Waals surface area contributed by atoms with Gasteiger partial charge in [-0.1, -0.05) is 30.3 Å². The summed E-state index contributed by atoms with van der Waals surface area (Å²) in [5.74, 6) is -0.592. The van der Waals surface area contributed by atoms with E-state index in [9.17, 15) is 9.59 Å². The number of hydrogen-bond donors (Lipinski definition) is 3. The van der Waals surface area contributed by atoms with Gasteiger partial charge in [0.2, 0.25) is 5.91 Å². The zero-order valence-electron chi connectivity index (χ0n) is 14.6. The first-order valence-corrected chi connectivity index (χ1v) is 9.51. The average Bonchev–Trinajstić information content (AvgIpc) is 3.10. The summed E-state index contributed by atoms with van der Waals surface area (Å²) in [4.78, 5) is 26.5. The molecular formula is C20H19N3O3S. The lowest BCUT2D eigenvalue weighted by molar-refractivity contribution is -0.117. The predicted octanol–water partition coefficient (Wildman–Crippen LogP) is 3.02. The number of nitrogens with zero attached hydrogens (tertiary/aromatic N) is 1. The molecule has 0 unspecified atom stereocenters. The minimum Gasteiger partial charge on any atom is -0.325 e. The molecule has 6 nitrogen and oxygen atoms in total. The van der Waals surface area contributed by atoms with Crippen molar-refractivity contribution in [2.45, 2.75) is 13.0 Å². The van der Waals surface area contributed by atoms with Gasteiger partial charge in [-0.3, -0.25) is 19.7 Å². The van der Waals surface area contributed by atoms with Gasteiger partial charge in [-0.25, -0.2) is 5.48 Å². The SMILES string of the molecule is O=C(CN1CCc2ccccc2C1)Nc1ccc2cc(C(=O)NO)sc2c1. The van der Waals surface area contributed by atoms with Gasteiger partial charge in [-0.2, -0.15) is 0 Å². The molecule has 0 atom stereocenters. The molecule has 27 heavy (non-hydrogen) atoms. The molecular weight excluding hydrogens is 362 g/mol. The van der Waals surface area contributed by atoms with E-state index >= 15 is 0 Å². The van der Waals surface area contributed by atoms with Gasteiger partial charge in [0.1, 0.15) is 0 Å². The zero-order valence-corrected chi connectivity index (χ0v) is 15.4. The van der Waals surface area contributed by atoms with Gasteiger partial charge in [-0.15, -0.1) is 11.3 Å². The highest BCUT2D eigenvalue weighted by molar-refractivity contribution is 7.20. The Labute approximate surface area is 160 Å². The number of carbonyl (C=O) groups is 2. The Morgan fingerprint density at radius 3 is 2.74 bits per heavy atom. The summed E-state index contributed by atoms with van der Waals surface area (Å²) in [5, 5.41) is 12.6. The van der Waals surface area contributed by atoms with Gasteiger partial charge in [0, 0.05) is 23.5 Å². The summed E-state index contributed by atoms with van der Waals surface area (Å²) < 4.78 is 0.873. The zero-order chi connectivity index (χ0) is 18.8. The van der Waals surface area contributed by atoms with Crippen molar-refractivity contribution in [3.05, 3.63) is 64.5 Å². The lowest BCUT2D eigenvalue weighted by Crippen LogP contribution is -2.37. The van der Waals surface area contributed by atoms with Crippen molar-refractivity contribution in [1.29, 1.82) is 0 Å². The van der Waals surface area contributed by atoms with E-state index in [0.717, 1.165) is 29.6 Å². The average molecular weight is 381 g/mol. The minimum atomic E-state index is -0.535. The first kappa shape index (κ1) is 17.7. The number of fused-ring (bicyclic) bond motifs is 2. The van der Waals surface area contributed by atoms with E-state index in [4.69, 9.17) is 5.21 Å². The van der Waals surface area contributed by atoms with Gasteiger partial charge in [0.25, 0.3) is 5.91 Å². The molecule has 0 fully saturated rings. The van der Waals surface area contributed by atoms with Crippen LogP contribution in [0.2, 0.25) is 0 Å². The van der Waals surface area contributed by atoms with Crippen LogP contribution in [0.4, 0.5) is 5.69 Å². The fraction of sp³-hybridized carbons (Fsp3) is 0.200. The molecule has 1 aliphatic rings. The molecule has 0 radical (unpaired) electrons.